The fourth-order valence-corrected chi connectivity index (χ4v) is 3.21. The first-order valence-electron chi connectivity index (χ1n) is 5.19. The van der Waals surface area contributed by atoms with Crippen molar-refractivity contribution in [2.24, 2.45) is 0 Å². The number of fused-ring (bicyclic) bond motifs is 2. The first-order valence-corrected chi connectivity index (χ1v) is 5.99. The van der Waals surface area contributed by atoms with Gasteiger partial charge in [-0.25, -0.2) is 0 Å². The van der Waals surface area contributed by atoms with Crippen LogP contribution in [0.15, 0.2) is 22.9 Å². The average Bonchev–Trinajstić information content (AvgIpc) is 2.78. The zero-order valence-electron chi connectivity index (χ0n) is 7.91. The van der Waals surface area contributed by atoms with E-state index >= 15 is 0 Å². The molecule has 0 amide bonds. The smallest absolute Gasteiger partial charge is 0.0410 e. The molecule has 3 heteroatoms. The number of halogens is 1. The van der Waals surface area contributed by atoms with Gasteiger partial charge in [0.15, 0.2) is 0 Å². The van der Waals surface area contributed by atoms with Crippen LogP contribution in [0.3, 0.4) is 0 Å². The summed E-state index contributed by atoms with van der Waals surface area (Å²) in [6, 6.07) is 3.68. The number of rotatable bonds is 1. The van der Waals surface area contributed by atoms with E-state index in [2.05, 4.69) is 32.3 Å². The van der Waals surface area contributed by atoms with E-state index in [9.17, 15) is 0 Å². The molecule has 0 aliphatic carbocycles. The Morgan fingerprint density at radius 2 is 2.29 bits per heavy atom. The summed E-state index contributed by atoms with van der Waals surface area (Å²) >= 11 is 3.48. The zero-order chi connectivity index (χ0) is 9.54. The molecule has 1 N–H and O–H groups in total. The third kappa shape index (κ3) is 1.39. The van der Waals surface area contributed by atoms with E-state index in [0.717, 1.165) is 10.5 Å². The van der Waals surface area contributed by atoms with E-state index in [4.69, 9.17) is 0 Å². The van der Waals surface area contributed by atoms with Gasteiger partial charge in [0, 0.05) is 34.9 Å². The zero-order valence-corrected chi connectivity index (χ0v) is 9.50. The largest absolute Gasteiger partial charge is 0.311 e. The molecule has 0 unspecified atom stereocenters. The third-order valence-corrected chi connectivity index (χ3v) is 3.89. The number of nitrogens with one attached hydrogen (secondary N) is 1. The third-order valence-electron chi connectivity index (χ3n) is 3.45. The molecule has 0 radical (unpaired) electrons. The van der Waals surface area contributed by atoms with E-state index in [1.807, 2.05) is 12.4 Å². The summed E-state index contributed by atoms with van der Waals surface area (Å²) in [6.07, 6.45) is 7.86. The Morgan fingerprint density at radius 3 is 2.93 bits per heavy atom. The number of hydrogen-bond donors (Lipinski definition) is 1. The highest BCUT2D eigenvalue weighted by molar-refractivity contribution is 9.10. The van der Waals surface area contributed by atoms with Gasteiger partial charge >= 0.3 is 0 Å². The number of nitrogens with zero attached hydrogens (tertiary/aromatic N) is 1. The minimum atomic E-state index is 0.693. The Morgan fingerprint density at radius 1 is 1.36 bits per heavy atom. The van der Waals surface area contributed by atoms with Gasteiger partial charge in [0.1, 0.15) is 0 Å². The van der Waals surface area contributed by atoms with Gasteiger partial charge in [-0.2, -0.15) is 0 Å². The van der Waals surface area contributed by atoms with Crippen LogP contribution in [0.4, 0.5) is 0 Å². The van der Waals surface area contributed by atoms with Crippen molar-refractivity contribution in [1.82, 2.24) is 10.3 Å². The summed E-state index contributed by atoms with van der Waals surface area (Å²) in [5.74, 6) is 0.693. The summed E-state index contributed by atoms with van der Waals surface area (Å²) in [7, 11) is 0. The molecule has 1 aromatic heterocycles. The van der Waals surface area contributed by atoms with E-state index in [1.165, 1.54) is 24.8 Å². The molecule has 2 bridgehead atoms. The minimum absolute atomic E-state index is 0.693. The van der Waals surface area contributed by atoms with Crippen molar-refractivity contribution in [3.05, 3.63) is 28.5 Å². The standard InChI is InChI=1S/C11H13BrN2/c12-8-3-7(5-13-6-8)10-4-9-1-2-11(10)14-9/h3,5-6,9-11,14H,1-2,4H2/t9-,10+,11+/m0/s1. The van der Waals surface area contributed by atoms with Crippen LogP contribution >= 0.6 is 15.9 Å². The Bertz CT molecular complexity index is 353. The van der Waals surface area contributed by atoms with Crippen molar-refractivity contribution < 1.29 is 0 Å². The van der Waals surface area contributed by atoms with Crippen LogP contribution in [0.25, 0.3) is 0 Å². The van der Waals surface area contributed by atoms with Crippen LogP contribution < -0.4 is 5.32 Å². The molecule has 0 spiro atoms. The van der Waals surface area contributed by atoms with Gasteiger partial charge in [0.2, 0.25) is 0 Å². The lowest BCUT2D eigenvalue weighted by atomic mass is 9.85. The van der Waals surface area contributed by atoms with Crippen molar-refractivity contribution >= 4 is 15.9 Å². The van der Waals surface area contributed by atoms with Crippen LogP contribution in [-0.4, -0.2) is 17.1 Å². The van der Waals surface area contributed by atoms with Crippen LogP contribution in [0.2, 0.25) is 0 Å². The average molecular weight is 253 g/mol. The molecule has 3 heterocycles. The van der Waals surface area contributed by atoms with Crippen molar-refractivity contribution in [2.45, 2.75) is 37.3 Å². The fourth-order valence-electron chi connectivity index (χ4n) is 2.82. The van der Waals surface area contributed by atoms with Gasteiger partial charge in [-0.15, -0.1) is 0 Å². The molecule has 2 fully saturated rings. The second-order valence-electron chi connectivity index (χ2n) is 4.33. The maximum atomic E-state index is 4.24. The van der Waals surface area contributed by atoms with E-state index in [0.29, 0.717) is 12.0 Å². The van der Waals surface area contributed by atoms with Crippen molar-refractivity contribution in [3.63, 3.8) is 0 Å². The maximum Gasteiger partial charge on any atom is 0.0410 e. The van der Waals surface area contributed by atoms with Gasteiger partial charge < -0.3 is 5.32 Å². The molecule has 2 aliphatic rings. The normalized spacial score (nSPS) is 35.1. The molecule has 0 aromatic carbocycles. The summed E-state index contributed by atoms with van der Waals surface area (Å²) < 4.78 is 1.10. The summed E-state index contributed by atoms with van der Waals surface area (Å²) in [4.78, 5) is 4.24. The molecule has 0 saturated carbocycles. The second kappa shape index (κ2) is 3.31. The van der Waals surface area contributed by atoms with Gasteiger partial charge in [-0.1, -0.05) is 0 Å². The lowest BCUT2D eigenvalue weighted by Crippen LogP contribution is -2.21. The first-order chi connectivity index (χ1) is 6.83. The maximum absolute atomic E-state index is 4.24. The predicted octanol–water partition coefficient (Wildman–Crippen LogP) is 2.45. The SMILES string of the molecule is Brc1cncc([C@H]2C[C@@H]3CC[C@H]2N3)c1. The van der Waals surface area contributed by atoms with Crippen LogP contribution in [0.1, 0.15) is 30.7 Å². The fraction of sp³-hybridized carbons (Fsp3) is 0.545. The quantitative estimate of drug-likeness (QED) is 0.831. The molecule has 14 heavy (non-hydrogen) atoms. The lowest BCUT2D eigenvalue weighted by Gasteiger charge is -2.20. The molecule has 3 atom stereocenters. The molecule has 74 valence electrons. The predicted molar refractivity (Wildman–Crippen MR) is 59.2 cm³/mol. The number of aromatic nitrogens is 1. The number of pyridine rings is 1. The Labute approximate surface area is 92.2 Å². The lowest BCUT2D eigenvalue weighted by molar-refractivity contribution is 0.505. The topological polar surface area (TPSA) is 24.9 Å². The van der Waals surface area contributed by atoms with Crippen molar-refractivity contribution in [1.29, 1.82) is 0 Å². The Hall–Kier alpha value is -0.410. The van der Waals surface area contributed by atoms with Gasteiger partial charge in [-0.05, 0) is 46.8 Å². The van der Waals surface area contributed by atoms with Crippen molar-refractivity contribution in [3.8, 4) is 0 Å². The van der Waals surface area contributed by atoms with Crippen LogP contribution in [0, 0.1) is 0 Å². The van der Waals surface area contributed by atoms with Crippen LogP contribution in [0.5, 0.6) is 0 Å². The Kier molecular flexibility index (Phi) is 2.10. The monoisotopic (exact) mass is 252 g/mol. The van der Waals surface area contributed by atoms with Crippen LogP contribution in [-0.2, 0) is 0 Å². The minimum Gasteiger partial charge on any atom is -0.311 e. The molecule has 2 aliphatic heterocycles. The molecular weight excluding hydrogens is 240 g/mol. The highest BCUT2D eigenvalue weighted by atomic mass is 79.9. The van der Waals surface area contributed by atoms with E-state index < -0.39 is 0 Å². The molecule has 2 saturated heterocycles. The first kappa shape index (κ1) is 8.86. The van der Waals surface area contributed by atoms with Crippen molar-refractivity contribution in [2.75, 3.05) is 0 Å². The summed E-state index contributed by atoms with van der Waals surface area (Å²) in [5, 5.41) is 3.65. The summed E-state index contributed by atoms with van der Waals surface area (Å²) in [5.41, 5.74) is 1.39. The molecular formula is C11H13BrN2. The highest BCUT2D eigenvalue weighted by Crippen LogP contribution is 2.39. The number of hydrogen-bond acceptors (Lipinski definition) is 2. The highest BCUT2D eigenvalue weighted by Gasteiger charge is 2.39. The molecule has 2 nitrogen and oxygen atoms in total. The van der Waals surface area contributed by atoms with E-state index in [-0.39, 0.29) is 0 Å². The molecule has 1 aromatic rings. The van der Waals surface area contributed by atoms with Gasteiger partial charge in [0.05, 0.1) is 0 Å². The van der Waals surface area contributed by atoms with Gasteiger partial charge in [-0.3, -0.25) is 4.98 Å². The Balaban J connectivity index is 1.89. The van der Waals surface area contributed by atoms with Gasteiger partial charge in [0.25, 0.3) is 0 Å². The van der Waals surface area contributed by atoms with E-state index in [1.54, 1.807) is 0 Å². The summed E-state index contributed by atoms with van der Waals surface area (Å²) in [6.45, 7) is 0. The molecule has 3 rings (SSSR count). The second-order valence-corrected chi connectivity index (χ2v) is 5.24.